The number of anilines is 2. The summed E-state index contributed by atoms with van der Waals surface area (Å²) in [5.41, 5.74) is 8.51. The van der Waals surface area contributed by atoms with Crippen LogP contribution in [0.25, 0.3) is 0 Å². The molecule has 2 unspecified atom stereocenters. The highest BCUT2D eigenvalue weighted by molar-refractivity contribution is 6.05. The van der Waals surface area contributed by atoms with Gasteiger partial charge in [-0.15, -0.1) is 0 Å². The van der Waals surface area contributed by atoms with Gasteiger partial charge >= 0.3 is 0 Å². The third-order valence-electron chi connectivity index (χ3n) is 7.84. The molecule has 41 heavy (non-hydrogen) atoms. The number of carbonyl (C=O) groups excluding carboxylic acids is 2. The van der Waals surface area contributed by atoms with Gasteiger partial charge in [0, 0.05) is 73.4 Å². The van der Waals surface area contributed by atoms with Crippen LogP contribution >= 0.6 is 0 Å². The SMILES string of the molecule is NC1CCCCC1NC(=O)c1ccc(CN2CCN(c3ccc(F)cc3)CC2)c(NC(=O)c2cc(F)cc(F)c2)c1. The van der Waals surface area contributed by atoms with Gasteiger partial charge in [-0.05, 0) is 66.9 Å². The van der Waals surface area contributed by atoms with Gasteiger partial charge in [-0.25, -0.2) is 13.2 Å². The minimum Gasteiger partial charge on any atom is -0.369 e. The van der Waals surface area contributed by atoms with Crippen LogP contribution in [0.15, 0.2) is 60.7 Å². The van der Waals surface area contributed by atoms with E-state index in [1.807, 2.05) is 0 Å². The molecule has 3 aromatic carbocycles. The van der Waals surface area contributed by atoms with Gasteiger partial charge in [0.1, 0.15) is 17.5 Å². The van der Waals surface area contributed by atoms with Crippen molar-refractivity contribution in [1.29, 1.82) is 0 Å². The molecule has 216 valence electrons. The Morgan fingerprint density at radius 2 is 1.46 bits per heavy atom. The molecule has 0 spiro atoms. The maximum Gasteiger partial charge on any atom is 0.255 e. The molecule has 2 fully saturated rings. The first-order valence-corrected chi connectivity index (χ1v) is 13.9. The van der Waals surface area contributed by atoms with Crippen molar-refractivity contribution in [3.63, 3.8) is 0 Å². The minimum atomic E-state index is -0.855. The lowest BCUT2D eigenvalue weighted by atomic mass is 9.91. The van der Waals surface area contributed by atoms with Gasteiger partial charge in [0.2, 0.25) is 0 Å². The van der Waals surface area contributed by atoms with Crippen molar-refractivity contribution in [1.82, 2.24) is 10.2 Å². The summed E-state index contributed by atoms with van der Waals surface area (Å²) in [6, 6.07) is 13.9. The molecule has 0 aromatic heterocycles. The van der Waals surface area contributed by atoms with Crippen molar-refractivity contribution < 1.29 is 22.8 Å². The molecular weight excluding hydrogens is 531 g/mol. The summed E-state index contributed by atoms with van der Waals surface area (Å²) in [6.45, 7) is 3.40. The Hall–Kier alpha value is -3.89. The minimum absolute atomic E-state index is 0.109. The molecule has 2 amide bonds. The van der Waals surface area contributed by atoms with E-state index in [4.69, 9.17) is 5.73 Å². The van der Waals surface area contributed by atoms with Crippen molar-refractivity contribution >= 4 is 23.2 Å². The third kappa shape index (κ3) is 7.25. The Balaban J connectivity index is 1.33. The van der Waals surface area contributed by atoms with Crippen molar-refractivity contribution in [3.8, 4) is 0 Å². The summed E-state index contributed by atoms with van der Waals surface area (Å²) < 4.78 is 40.9. The second-order valence-electron chi connectivity index (χ2n) is 10.8. The first kappa shape index (κ1) is 28.6. The average molecular weight is 566 g/mol. The average Bonchev–Trinajstić information content (AvgIpc) is 2.95. The van der Waals surface area contributed by atoms with Crippen molar-refractivity contribution in [2.75, 3.05) is 36.4 Å². The van der Waals surface area contributed by atoms with Crippen LogP contribution in [0.2, 0.25) is 0 Å². The molecule has 5 rings (SSSR count). The standard InChI is InChI=1S/C31H34F3N5O2/c32-23-7-9-26(10-8-23)39-13-11-38(12-14-39)19-21-6-5-20(30(40)36-28-4-2-1-3-27(28)35)17-29(21)37-31(41)22-15-24(33)18-25(34)16-22/h5-10,15-18,27-28H,1-4,11-14,19,35H2,(H,36,40)(H,37,41). The van der Waals surface area contributed by atoms with Crippen LogP contribution in [-0.2, 0) is 6.54 Å². The Morgan fingerprint density at radius 3 is 2.15 bits per heavy atom. The van der Waals surface area contributed by atoms with E-state index in [0.29, 0.717) is 23.9 Å². The van der Waals surface area contributed by atoms with Crippen LogP contribution < -0.4 is 21.3 Å². The Labute approximate surface area is 237 Å². The van der Waals surface area contributed by atoms with Crippen molar-refractivity contribution in [3.05, 3.63) is 94.8 Å². The first-order valence-electron chi connectivity index (χ1n) is 13.9. The number of carbonyl (C=O) groups is 2. The van der Waals surface area contributed by atoms with Crippen LogP contribution in [0.3, 0.4) is 0 Å². The predicted molar refractivity (Wildman–Crippen MR) is 152 cm³/mol. The first-order chi connectivity index (χ1) is 19.7. The Morgan fingerprint density at radius 1 is 0.780 bits per heavy atom. The van der Waals surface area contributed by atoms with Gasteiger partial charge in [0.25, 0.3) is 11.8 Å². The molecule has 1 saturated carbocycles. The van der Waals surface area contributed by atoms with E-state index in [0.717, 1.165) is 75.2 Å². The lowest BCUT2D eigenvalue weighted by molar-refractivity contribution is 0.0920. The van der Waals surface area contributed by atoms with E-state index in [-0.39, 0.29) is 29.4 Å². The fourth-order valence-corrected chi connectivity index (χ4v) is 5.50. The molecule has 0 bridgehead atoms. The number of rotatable bonds is 7. The maximum atomic E-state index is 13.8. The molecular formula is C31H34F3N5O2. The highest BCUT2D eigenvalue weighted by Gasteiger charge is 2.25. The number of piperazine rings is 1. The van der Waals surface area contributed by atoms with E-state index in [1.54, 1.807) is 30.3 Å². The molecule has 4 N–H and O–H groups in total. The number of benzene rings is 3. The van der Waals surface area contributed by atoms with Crippen LogP contribution in [0.1, 0.15) is 52.0 Å². The third-order valence-corrected chi connectivity index (χ3v) is 7.84. The number of nitrogens with one attached hydrogen (secondary N) is 2. The van der Waals surface area contributed by atoms with Crippen LogP contribution in [0.4, 0.5) is 24.5 Å². The van der Waals surface area contributed by atoms with Crippen molar-refractivity contribution in [2.45, 2.75) is 44.3 Å². The molecule has 1 aliphatic heterocycles. The monoisotopic (exact) mass is 565 g/mol. The summed E-state index contributed by atoms with van der Waals surface area (Å²) in [5.74, 6) is -2.96. The highest BCUT2D eigenvalue weighted by Crippen LogP contribution is 2.24. The van der Waals surface area contributed by atoms with Crippen LogP contribution in [-0.4, -0.2) is 55.0 Å². The molecule has 10 heteroatoms. The number of nitrogens with zero attached hydrogens (tertiary/aromatic N) is 2. The quantitative estimate of drug-likeness (QED) is 0.387. The van der Waals surface area contributed by atoms with Gasteiger partial charge in [-0.2, -0.15) is 0 Å². The second-order valence-corrected chi connectivity index (χ2v) is 10.8. The number of nitrogens with two attached hydrogens (primary N) is 1. The van der Waals surface area contributed by atoms with E-state index >= 15 is 0 Å². The largest absolute Gasteiger partial charge is 0.369 e. The fraction of sp³-hybridized carbons (Fsp3) is 0.355. The highest BCUT2D eigenvalue weighted by atomic mass is 19.1. The number of hydrogen-bond donors (Lipinski definition) is 3. The van der Waals surface area contributed by atoms with Gasteiger partial charge in [-0.1, -0.05) is 18.9 Å². The summed E-state index contributed by atoms with van der Waals surface area (Å²) in [4.78, 5) is 30.5. The fourth-order valence-electron chi connectivity index (χ4n) is 5.50. The number of hydrogen-bond acceptors (Lipinski definition) is 5. The van der Waals surface area contributed by atoms with E-state index in [1.165, 1.54) is 12.1 Å². The summed E-state index contributed by atoms with van der Waals surface area (Å²) in [7, 11) is 0. The Kier molecular flexibility index (Phi) is 8.90. The normalized spacial score (nSPS) is 19.6. The Bertz CT molecular complexity index is 1370. The zero-order valence-electron chi connectivity index (χ0n) is 22.7. The van der Waals surface area contributed by atoms with Gasteiger partial charge in [0.05, 0.1) is 0 Å². The van der Waals surface area contributed by atoms with Crippen molar-refractivity contribution in [2.24, 2.45) is 5.73 Å². The molecule has 7 nitrogen and oxygen atoms in total. The van der Waals surface area contributed by atoms with Gasteiger partial charge in [-0.3, -0.25) is 14.5 Å². The lowest BCUT2D eigenvalue weighted by Gasteiger charge is -2.36. The van der Waals surface area contributed by atoms with E-state index in [2.05, 4.69) is 20.4 Å². The smallest absolute Gasteiger partial charge is 0.255 e. The number of halogens is 3. The van der Waals surface area contributed by atoms with Gasteiger partial charge in [0.15, 0.2) is 0 Å². The second kappa shape index (κ2) is 12.7. The predicted octanol–water partition coefficient (Wildman–Crippen LogP) is 4.68. The molecule has 1 saturated heterocycles. The molecule has 2 aliphatic rings. The zero-order chi connectivity index (χ0) is 28.9. The molecule has 1 heterocycles. The van der Waals surface area contributed by atoms with Crippen LogP contribution in [0.5, 0.6) is 0 Å². The summed E-state index contributed by atoms with van der Waals surface area (Å²) in [5, 5.41) is 5.79. The molecule has 2 atom stereocenters. The lowest BCUT2D eigenvalue weighted by Crippen LogP contribution is -2.49. The van der Waals surface area contributed by atoms with E-state index < -0.39 is 17.5 Å². The van der Waals surface area contributed by atoms with E-state index in [9.17, 15) is 22.8 Å². The summed E-state index contributed by atoms with van der Waals surface area (Å²) >= 11 is 0. The zero-order valence-corrected chi connectivity index (χ0v) is 22.7. The summed E-state index contributed by atoms with van der Waals surface area (Å²) in [6.07, 6.45) is 3.70. The van der Waals surface area contributed by atoms with Gasteiger partial charge < -0.3 is 21.3 Å². The topological polar surface area (TPSA) is 90.7 Å². The maximum absolute atomic E-state index is 13.8. The molecule has 3 aromatic rings. The molecule has 1 aliphatic carbocycles. The molecule has 0 radical (unpaired) electrons. The van der Waals surface area contributed by atoms with Crippen LogP contribution in [0, 0.1) is 17.5 Å². The number of amides is 2.